The van der Waals surface area contributed by atoms with Crippen molar-refractivity contribution in [3.63, 3.8) is 0 Å². The minimum absolute atomic E-state index is 0.0807. The molecule has 5 nitrogen and oxygen atoms in total. The summed E-state index contributed by atoms with van der Waals surface area (Å²) in [5.41, 5.74) is 1.93. The second kappa shape index (κ2) is 11.7. The normalized spacial score (nSPS) is 11.5. The van der Waals surface area contributed by atoms with Gasteiger partial charge in [0.15, 0.2) is 5.13 Å². The van der Waals surface area contributed by atoms with Crippen LogP contribution < -0.4 is 9.64 Å². The summed E-state index contributed by atoms with van der Waals surface area (Å²) in [4.78, 5) is 23.3. The van der Waals surface area contributed by atoms with Crippen molar-refractivity contribution in [3.05, 3.63) is 48.0 Å². The smallest absolute Gasteiger partial charge is 0.233 e. The van der Waals surface area contributed by atoms with Crippen molar-refractivity contribution >= 4 is 44.4 Å². The Hall–Kier alpha value is -2.09. The van der Waals surface area contributed by atoms with Crippen LogP contribution in [0.25, 0.3) is 10.2 Å². The number of thioether (sulfide) groups is 1. The highest BCUT2D eigenvalue weighted by molar-refractivity contribution is 7.99. The van der Waals surface area contributed by atoms with E-state index in [1.807, 2.05) is 41.8 Å². The maximum Gasteiger partial charge on any atom is 0.233 e. The van der Waals surface area contributed by atoms with Crippen LogP contribution in [0.1, 0.15) is 32.8 Å². The largest absolute Gasteiger partial charge is 0.494 e. The molecule has 0 bridgehead atoms. The molecule has 0 aliphatic rings. The fourth-order valence-corrected chi connectivity index (χ4v) is 5.24. The van der Waals surface area contributed by atoms with Crippen LogP contribution in [0.5, 0.6) is 5.75 Å². The average Bonchev–Trinajstić information content (AvgIpc) is 3.15. The summed E-state index contributed by atoms with van der Waals surface area (Å²) in [6.07, 6.45) is 1.26. The number of carbonyl (C=O) groups excluding carboxylic acids is 1. The molecule has 0 atom stereocenters. The summed E-state index contributed by atoms with van der Waals surface area (Å²) in [5, 5.41) is 1.29. The van der Waals surface area contributed by atoms with Crippen LogP contribution in [0.2, 0.25) is 0 Å². The van der Waals surface area contributed by atoms with Gasteiger partial charge in [-0.05, 0) is 69.9 Å². The van der Waals surface area contributed by atoms with Gasteiger partial charge in [0.05, 0.1) is 23.2 Å². The molecular weight excluding hydrogens is 438 g/mol. The van der Waals surface area contributed by atoms with E-state index in [4.69, 9.17) is 9.72 Å². The molecule has 0 spiro atoms. The molecule has 0 aliphatic heterocycles. The highest BCUT2D eigenvalue weighted by Gasteiger charge is 2.20. The predicted octanol–water partition coefficient (Wildman–Crippen LogP) is 5.72. The summed E-state index contributed by atoms with van der Waals surface area (Å²) in [6.45, 7) is 8.54. The van der Waals surface area contributed by atoms with Gasteiger partial charge in [-0.2, -0.15) is 0 Å². The highest BCUT2D eigenvalue weighted by atomic mass is 32.2. The molecule has 1 heterocycles. The first kappa shape index (κ1) is 24.6. The first-order chi connectivity index (χ1) is 15.4. The van der Waals surface area contributed by atoms with E-state index < -0.39 is 0 Å². The van der Waals surface area contributed by atoms with Gasteiger partial charge in [-0.1, -0.05) is 37.3 Å². The van der Waals surface area contributed by atoms with E-state index in [1.54, 1.807) is 11.3 Å². The number of hydrogen-bond acceptors (Lipinski definition) is 6. The Kier molecular flexibility index (Phi) is 8.96. The summed E-state index contributed by atoms with van der Waals surface area (Å²) < 4.78 is 6.66. The van der Waals surface area contributed by atoms with Crippen molar-refractivity contribution in [3.8, 4) is 5.75 Å². The molecule has 0 radical (unpaired) electrons. The third-order valence-electron chi connectivity index (χ3n) is 4.83. The fourth-order valence-electron chi connectivity index (χ4n) is 3.36. The van der Waals surface area contributed by atoms with Crippen LogP contribution in [-0.2, 0) is 11.2 Å². The van der Waals surface area contributed by atoms with Crippen LogP contribution in [-0.4, -0.2) is 54.8 Å². The molecule has 0 unspecified atom stereocenters. The molecule has 3 rings (SSSR count). The topological polar surface area (TPSA) is 45.7 Å². The third-order valence-corrected chi connectivity index (χ3v) is 6.89. The molecule has 1 aromatic heterocycles. The lowest BCUT2D eigenvalue weighted by atomic mass is 10.1. The Bertz CT molecular complexity index is 1020. The summed E-state index contributed by atoms with van der Waals surface area (Å²) in [7, 11) is 4.10. The Balaban J connectivity index is 1.80. The van der Waals surface area contributed by atoms with E-state index in [9.17, 15) is 4.79 Å². The molecule has 0 fully saturated rings. The summed E-state index contributed by atoms with van der Waals surface area (Å²) in [5.74, 6) is 0.914. The molecule has 0 saturated carbocycles. The zero-order chi connectivity index (χ0) is 23.1. The Labute approximate surface area is 199 Å². The van der Waals surface area contributed by atoms with Gasteiger partial charge in [0, 0.05) is 16.7 Å². The fraction of sp³-hybridized carbons (Fsp3) is 0.440. The van der Waals surface area contributed by atoms with Crippen LogP contribution in [0.3, 0.4) is 0 Å². The summed E-state index contributed by atoms with van der Waals surface area (Å²) in [6, 6.07) is 14.2. The minimum atomic E-state index is 0.0807. The maximum absolute atomic E-state index is 13.3. The van der Waals surface area contributed by atoms with Gasteiger partial charge in [0.25, 0.3) is 0 Å². The summed E-state index contributed by atoms with van der Waals surface area (Å²) >= 11 is 3.38. The van der Waals surface area contributed by atoms with Crippen LogP contribution >= 0.6 is 23.1 Å². The second-order valence-electron chi connectivity index (χ2n) is 8.25. The number of amides is 1. The van der Waals surface area contributed by atoms with E-state index >= 15 is 0 Å². The number of rotatable bonds is 11. The van der Waals surface area contributed by atoms with Gasteiger partial charge in [-0.3, -0.25) is 9.69 Å². The molecule has 2 aromatic carbocycles. The Morgan fingerprint density at radius 1 is 1.12 bits per heavy atom. The van der Waals surface area contributed by atoms with Crippen LogP contribution in [0.15, 0.2) is 47.4 Å². The van der Waals surface area contributed by atoms with E-state index in [0.29, 0.717) is 24.8 Å². The van der Waals surface area contributed by atoms with Crippen molar-refractivity contribution < 1.29 is 9.53 Å². The SMILES string of the molecule is CCOc1ccc2nc(N(CCCN(C)C)C(=O)Cc3ccc(SC(C)C)cc3)sc2c1. The first-order valence-electron chi connectivity index (χ1n) is 11.1. The lowest BCUT2D eigenvalue weighted by molar-refractivity contribution is -0.118. The maximum atomic E-state index is 13.3. The molecule has 3 aromatic rings. The van der Waals surface area contributed by atoms with Gasteiger partial charge < -0.3 is 9.64 Å². The zero-order valence-corrected chi connectivity index (χ0v) is 21.3. The molecule has 0 aliphatic carbocycles. The third kappa shape index (κ3) is 6.95. The van der Waals surface area contributed by atoms with Crippen molar-refractivity contribution in [1.82, 2.24) is 9.88 Å². The zero-order valence-electron chi connectivity index (χ0n) is 19.6. The lowest BCUT2D eigenvalue weighted by Crippen LogP contribution is -2.34. The van der Waals surface area contributed by atoms with Gasteiger partial charge in [0.2, 0.25) is 5.91 Å². The molecular formula is C25H33N3O2S2. The molecule has 1 amide bonds. The van der Waals surface area contributed by atoms with Crippen molar-refractivity contribution in [2.75, 3.05) is 38.7 Å². The minimum Gasteiger partial charge on any atom is -0.494 e. The number of benzene rings is 2. The molecule has 7 heteroatoms. The van der Waals surface area contributed by atoms with E-state index in [-0.39, 0.29) is 5.91 Å². The standard InChI is InChI=1S/C25H33N3O2S2/c1-6-30-20-10-13-22-23(17-20)32-25(26-22)28(15-7-14-27(4)5)24(29)16-19-8-11-21(12-9-19)31-18(2)3/h8-13,17-18H,6-7,14-16H2,1-5H3. The number of anilines is 1. The van der Waals surface area contributed by atoms with E-state index in [0.717, 1.165) is 39.6 Å². The highest BCUT2D eigenvalue weighted by Crippen LogP contribution is 2.32. The van der Waals surface area contributed by atoms with Crippen molar-refractivity contribution in [1.29, 1.82) is 0 Å². The second-order valence-corrected chi connectivity index (χ2v) is 10.9. The Morgan fingerprint density at radius 3 is 2.53 bits per heavy atom. The van der Waals surface area contributed by atoms with Gasteiger partial charge in [-0.25, -0.2) is 4.98 Å². The number of nitrogens with zero attached hydrogens (tertiary/aromatic N) is 3. The van der Waals surface area contributed by atoms with E-state index in [2.05, 4.69) is 57.1 Å². The number of ether oxygens (including phenoxy) is 1. The molecule has 0 N–H and O–H groups in total. The molecule has 172 valence electrons. The van der Waals surface area contributed by atoms with Crippen molar-refractivity contribution in [2.45, 2.75) is 43.8 Å². The van der Waals surface area contributed by atoms with E-state index in [1.165, 1.54) is 4.90 Å². The quantitative estimate of drug-likeness (QED) is 0.335. The van der Waals surface area contributed by atoms with Gasteiger partial charge in [0.1, 0.15) is 5.75 Å². The molecule has 32 heavy (non-hydrogen) atoms. The number of aromatic nitrogens is 1. The lowest BCUT2D eigenvalue weighted by Gasteiger charge is -2.21. The number of fused-ring (bicyclic) bond motifs is 1. The Morgan fingerprint density at radius 2 is 1.88 bits per heavy atom. The monoisotopic (exact) mass is 471 g/mol. The van der Waals surface area contributed by atoms with Gasteiger partial charge in [-0.15, -0.1) is 11.8 Å². The first-order valence-corrected chi connectivity index (χ1v) is 12.8. The van der Waals surface area contributed by atoms with Gasteiger partial charge >= 0.3 is 0 Å². The number of hydrogen-bond donors (Lipinski definition) is 0. The van der Waals surface area contributed by atoms with Crippen molar-refractivity contribution in [2.24, 2.45) is 0 Å². The van der Waals surface area contributed by atoms with Crippen LogP contribution in [0.4, 0.5) is 5.13 Å². The average molecular weight is 472 g/mol. The van der Waals surface area contributed by atoms with Crippen LogP contribution in [0, 0.1) is 0 Å². The molecule has 0 saturated heterocycles. The number of thiazole rings is 1. The predicted molar refractivity (Wildman–Crippen MR) is 137 cm³/mol. The number of carbonyl (C=O) groups is 1.